The third-order valence-electron chi connectivity index (χ3n) is 5.00. The van der Waals surface area contributed by atoms with Crippen LogP contribution in [0.5, 0.6) is 0 Å². The molecular weight excluding hydrogens is 324 g/mol. The van der Waals surface area contributed by atoms with Gasteiger partial charge in [0.05, 0.1) is 0 Å². The lowest BCUT2D eigenvalue weighted by molar-refractivity contribution is 0.0926. The molecule has 1 fully saturated rings. The minimum absolute atomic E-state index is 0.0554. The van der Waals surface area contributed by atoms with Gasteiger partial charge in [-0.3, -0.25) is 9.59 Å². The van der Waals surface area contributed by atoms with Gasteiger partial charge < -0.3 is 10.6 Å². The molecule has 1 aliphatic rings. The fraction of sp³-hybridized carbons (Fsp3) is 0.364. The summed E-state index contributed by atoms with van der Waals surface area (Å²) in [6, 6.07) is 14.9. The van der Waals surface area contributed by atoms with Crippen LogP contribution in [0.4, 0.5) is 5.69 Å². The van der Waals surface area contributed by atoms with Crippen molar-refractivity contribution in [3.63, 3.8) is 0 Å². The molecule has 0 aromatic heterocycles. The fourth-order valence-corrected chi connectivity index (χ4v) is 3.43. The van der Waals surface area contributed by atoms with Gasteiger partial charge in [-0.25, -0.2) is 0 Å². The zero-order valence-electron chi connectivity index (χ0n) is 15.3. The number of amides is 2. The zero-order valence-corrected chi connectivity index (χ0v) is 15.3. The molecule has 0 heterocycles. The Kier molecular flexibility index (Phi) is 6.05. The molecule has 4 heteroatoms. The summed E-state index contributed by atoms with van der Waals surface area (Å²) >= 11 is 0. The summed E-state index contributed by atoms with van der Waals surface area (Å²) in [5, 5.41) is 6.05. The van der Waals surface area contributed by atoms with E-state index in [2.05, 4.69) is 17.6 Å². The summed E-state index contributed by atoms with van der Waals surface area (Å²) in [5.41, 5.74) is 3.08. The summed E-state index contributed by atoms with van der Waals surface area (Å²) in [7, 11) is 0. The van der Waals surface area contributed by atoms with Crippen LogP contribution in [0.3, 0.4) is 0 Å². The van der Waals surface area contributed by atoms with Crippen molar-refractivity contribution < 1.29 is 9.59 Å². The Balaban J connectivity index is 1.63. The second-order valence-electron chi connectivity index (χ2n) is 6.85. The first-order valence-corrected chi connectivity index (χ1v) is 9.47. The Labute approximate surface area is 155 Å². The number of hydrogen-bond donors (Lipinski definition) is 2. The van der Waals surface area contributed by atoms with E-state index in [-0.39, 0.29) is 17.9 Å². The highest BCUT2D eigenvalue weighted by molar-refractivity contribution is 6.05. The van der Waals surface area contributed by atoms with Gasteiger partial charge in [-0.05, 0) is 55.2 Å². The summed E-state index contributed by atoms with van der Waals surface area (Å²) < 4.78 is 0. The number of rotatable bonds is 5. The minimum atomic E-state index is -0.162. The van der Waals surface area contributed by atoms with Crippen LogP contribution >= 0.6 is 0 Å². The molecule has 0 aliphatic heterocycles. The number of nitrogens with one attached hydrogen (secondary N) is 2. The summed E-state index contributed by atoms with van der Waals surface area (Å²) in [6.45, 7) is 2.06. The second-order valence-corrected chi connectivity index (χ2v) is 6.85. The Morgan fingerprint density at radius 2 is 1.50 bits per heavy atom. The van der Waals surface area contributed by atoms with Gasteiger partial charge in [-0.2, -0.15) is 0 Å². The van der Waals surface area contributed by atoms with Crippen LogP contribution in [0.1, 0.15) is 65.3 Å². The van der Waals surface area contributed by atoms with E-state index in [4.69, 9.17) is 0 Å². The highest BCUT2D eigenvalue weighted by atomic mass is 16.2. The van der Waals surface area contributed by atoms with Crippen molar-refractivity contribution >= 4 is 17.5 Å². The number of anilines is 1. The van der Waals surface area contributed by atoms with Gasteiger partial charge in [0, 0.05) is 22.9 Å². The second kappa shape index (κ2) is 8.65. The standard InChI is InChI=1S/C22H26N2O2/c1-2-16-8-6-7-11-20(16)24-22(26)18-14-12-17(13-15-18)21(25)23-19-9-4-3-5-10-19/h6-8,11-15,19H,2-5,9-10H2,1H3,(H,23,25)(H,24,26). The van der Waals surface area contributed by atoms with Crippen molar-refractivity contribution in [1.82, 2.24) is 5.32 Å². The Morgan fingerprint density at radius 3 is 2.15 bits per heavy atom. The number of aryl methyl sites for hydroxylation is 1. The number of benzene rings is 2. The van der Waals surface area contributed by atoms with Crippen molar-refractivity contribution in [3.05, 3.63) is 65.2 Å². The van der Waals surface area contributed by atoms with Crippen LogP contribution < -0.4 is 10.6 Å². The topological polar surface area (TPSA) is 58.2 Å². The molecule has 2 N–H and O–H groups in total. The normalized spacial score (nSPS) is 14.7. The Bertz CT molecular complexity index is 762. The molecule has 0 saturated heterocycles. The van der Waals surface area contributed by atoms with Crippen molar-refractivity contribution in [3.8, 4) is 0 Å². The first-order chi connectivity index (χ1) is 12.7. The molecule has 1 aliphatic carbocycles. The van der Waals surface area contributed by atoms with Crippen LogP contribution in [0.25, 0.3) is 0 Å². The molecule has 4 nitrogen and oxygen atoms in total. The van der Waals surface area contributed by atoms with Crippen LogP contribution in [0.2, 0.25) is 0 Å². The quantitative estimate of drug-likeness (QED) is 0.830. The molecule has 3 rings (SSSR count). The molecule has 26 heavy (non-hydrogen) atoms. The average Bonchev–Trinajstić information content (AvgIpc) is 2.69. The van der Waals surface area contributed by atoms with Gasteiger partial charge in [0.1, 0.15) is 0 Å². The van der Waals surface area contributed by atoms with Crippen molar-refractivity contribution in [2.75, 3.05) is 5.32 Å². The maximum Gasteiger partial charge on any atom is 0.255 e. The molecule has 0 unspecified atom stereocenters. The maximum absolute atomic E-state index is 12.5. The molecule has 0 spiro atoms. The van der Waals surface area contributed by atoms with Gasteiger partial charge >= 0.3 is 0 Å². The summed E-state index contributed by atoms with van der Waals surface area (Å²) in [6.07, 6.45) is 6.60. The third kappa shape index (κ3) is 4.51. The van der Waals surface area contributed by atoms with Gasteiger partial charge in [-0.15, -0.1) is 0 Å². The van der Waals surface area contributed by atoms with E-state index >= 15 is 0 Å². The lowest BCUT2D eigenvalue weighted by atomic mass is 9.95. The van der Waals surface area contributed by atoms with E-state index in [1.165, 1.54) is 19.3 Å². The highest BCUT2D eigenvalue weighted by Crippen LogP contribution is 2.19. The Morgan fingerprint density at radius 1 is 0.885 bits per heavy atom. The molecule has 136 valence electrons. The minimum Gasteiger partial charge on any atom is -0.349 e. The molecule has 0 radical (unpaired) electrons. The monoisotopic (exact) mass is 350 g/mol. The van der Waals surface area contributed by atoms with Crippen molar-refractivity contribution in [2.24, 2.45) is 0 Å². The smallest absolute Gasteiger partial charge is 0.255 e. The number of hydrogen-bond acceptors (Lipinski definition) is 2. The van der Waals surface area contributed by atoms with E-state index in [0.29, 0.717) is 11.1 Å². The summed E-state index contributed by atoms with van der Waals surface area (Å²) in [5.74, 6) is -0.217. The van der Waals surface area contributed by atoms with Crippen molar-refractivity contribution in [2.45, 2.75) is 51.5 Å². The van der Waals surface area contributed by atoms with Gasteiger partial charge in [-0.1, -0.05) is 44.4 Å². The fourth-order valence-electron chi connectivity index (χ4n) is 3.43. The van der Waals surface area contributed by atoms with Crippen LogP contribution in [0, 0.1) is 0 Å². The van der Waals surface area contributed by atoms with Crippen LogP contribution in [0.15, 0.2) is 48.5 Å². The largest absolute Gasteiger partial charge is 0.349 e. The van der Waals surface area contributed by atoms with E-state index < -0.39 is 0 Å². The average molecular weight is 350 g/mol. The first-order valence-electron chi connectivity index (χ1n) is 9.47. The molecule has 2 amide bonds. The number of para-hydroxylation sites is 1. The molecule has 0 bridgehead atoms. The van der Waals surface area contributed by atoms with Gasteiger partial charge in [0.15, 0.2) is 0 Å². The van der Waals surface area contributed by atoms with E-state index in [9.17, 15) is 9.59 Å². The predicted molar refractivity (Wildman–Crippen MR) is 105 cm³/mol. The first kappa shape index (κ1) is 18.2. The van der Waals surface area contributed by atoms with Crippen LogP contribution in [-0.2, 0) is 6.42 Å². The third-order valence-corrected chi connectivity index (χ3v) is 5.00. The van der Waals surface area contributed by atoms with E-state index in [1.54, 1.807) is 24.3 Å². The zero-order chi connectivity index (χ0) is 18.4. The SMILES string of the molecule is CCc1ccccc1NC(=O)c1ccc(C(=O)NC2CCCCC2)cc1. The summed E-state index contributed by atoms with van der Waals surface area (Å²) in [4.78, 5) is 24.8. The molecule has 0 atom stereocenters. The lowest BCUT2D eigenvalue weighted by Gasteiger charge is -2.22. The number of carbonyl (C=O) groups excluding carboxylic acids is 2. The van der Waals surface area contributed by atoms with Gasteiger partial charge in [0.25, 0.3) is 11.8 Å². The molecule has 2 aromatic rings. The molecular formula is C22H26N2O2. The lowest BCUT2D eigenvalue weighted by Crippen LogP contribution is -2.36. The highest BCUT2D eigenvalue weighted by Gasteiger charge is 2.17. The van der Waals surface area contributed by atoms with Crippen LogP contribution in [-0.4, -0.2) is 17.9 Å². The number of carbonyl (C=O) groups is 2. The molecule has 2 aromatic carbocycles. The molecule has 1 saturated carbocycles. The van der Waals surface area contributed by atoms with Crippen molar-refractivity contribution in [1.29, 1.82) is 0 Å². The maximum atomic E-state index is 12.5. The predicted octanol–water partition coefficient (Wildman–Crippen LogP) is 4.56. The Hall–Kier alpha value is -2.62. The van der Waals surface area contributed by atoms with Gasteiger partial charge in [0.2, 0.25) is 0 Å². The van der Waals surface area contributed by atoms with E-state index in [1.807, 2.05) is 24.3 Å². The van der Waals surface area contributed by atoms with E-state index in [0.717, 1.165) is 30.5 Å².